The average Bonchev–Trinajstić information content (AvgIpc) is 2.87. The number of H-pyrrole nitrogens is 1. The number of nitrogens with two attached hydrogens (primary N) is 1. The summed E-state index contributed by atoms with van der Waals surface area (Å²) in [4.78, 5) is 31.7. The summed E-state index contributed by atoms with van der Waals surface area (Å²) in [5.74, 6) is -1.56. The normalized spacial score (nSPS) is 16.3. The van der Waals surface area contributed by atoms with E-state index >= 15 is 0 Å². The molecule has 1 aliphatic rings. The first kappa shape index (κ1) is 26.6. The minimum Gasteiger partial charge on any atom is -0.453 e. The highest BCUT2D eigenvalue weighted by Gasteiger charge is 2.26. The van der Waals surface area contributed by atoms with Gasteiger partial charge >= 0.3 is 5.91 Å². The number of aromatic amines is 1. The number of hydrogen-bond acceptors (Lipinski definition) is 6. The zero-order valence-electron chi connectivity index (χ0n) is 19.9. The van der Waals surface area contributed by atoms with Crippen molar-refractivity contribution in [2.24, 2.45) is 5.73 Å². The average molecular weight is 501 g/mol. The second-order valence-electron chi connectivity index (χ2n) is 8.04. The highest BCUT2D eigenvalue weighted by molar-refractivity contribution is 5.93. The topological polar surface area (TPSA) is 121 Å². The van der Waals surface area contributed by atoms with Crippen LogP contribution in [0.1, 0.15) is 24.3 Å². The first-order valence-electron chi connectivity index (χ1n) is 11.2. The summed E-state index contributed by atoms with van der Waals surface area (Å²) in [5.41, 5.74) is 5.37. The number of amides is 2. The number of benzene rings is 1. The molecule has 3 aromatic rings. The van der Waals surface area contributed by atoms with E-state index < -0.39 is 17.5 Å². The highest BCUT2D eigenvalue weighted by atomic mass is 19.1. The van der Waals surface area contributed by atoms with Gasteiger partial charge in [-0.3, -0.25) is 14.5 Å². The molecule has 190 valence electrons. The Morgan fingerprint density at radius 3 is 2.64 bits per heavy atom. The predicted octanol–water partition coefficient (Wildman–Crippen LogP) is 2.80. The van der Waals surface area contributed by atoms with E-state index in [1.54, 1.807) is 36.5 Å². The van der Waals surface area contributed by atoms with E-state index in [0.717, 1.165) is 12.1 Å². The van der Waals surface area contributed by atoms with Crippen LogP contribution in [0.25, 0.3) is 0 Å². The number of rotatable bonds is 6. The van der Waals surface area contributed by atoms with Crippen molar-refractivity contribution in [1.82, 2.24) is 9.88 Å². The number of halogens is 2. The maximum absolute atomic E-state index is 13.6. The zero-order valence-corrected chi connectivity index (χ0v) is 19.9. The molecule has 4 N–H and O–H groups in total. The minimum absolute atomic E-state index is 0.0930. The predicted molar refractivity (Wildman–Crippen MR) is 127 cm³/mol. The Balaban J connectivity index is 0.000000338. The van der Waals surface area contributed by atoms with Crippen molar-refractivity contribution in [2.75, 3.05) is 25.0 Å². The monoisotopic (exact) mass is 500 g/mol. The summed E-state index contributed by atoms with van der Waals surface area (Å²) in [6, 6.07) is 11.0. The van der Waals surface area contributed by atoms with Crippen LogP contribution in [0.15, 0.2) is 60.9 Å². The maximum Gasteiger partial charge on any atom is 0.313 e. The Hall–Kier alpha value is -3.96. The number of anilines is 1. The number of aromatic nitrogens is 2. The van der Waals surface area contributed by atoms with E-state index in [4.69, 9.17) is 15.2 Å². The molecular weight excluding hydrogens is 472 g/mol. The van der Waals surface area contributed by atoms with Crippen molar-refractivity contribution < 1.29 is 32.8 Å². The molecule has 1 saturated heterocycles. The summed E-state index contributed by atoms with van der Waals surface area (Å²) < 4.78 is 37.4. The van der Waals surface area contributed by atoms with Gasteiger partial charge in [0.2, 0.25) is 5.91 Å². The lowest BCUT2D eigenvalue weighted by atomic mass is 10.2. The Morgan fingerprint density at radius 2 is 2.06 bits per heavy atom. The molecule has 3 heterocycles. The second-order valence-corrected chi connectivity index (χ2v) is 8.04. The molecule has 36 heavy (non-hydrogen) atoms. The molecule has 1 fully saturated rings. The number of carbonyl (C=O) groups is 2. The number of carbonyl (C=O) groups excluding carboxylic acids is 2. The van der Waals surface area contributed by atoms with E-state index in [2.05, 4.69) is 20.2 Å². The number of hydrogen-bond donors (Lipinski definition) is 2. The van der Waals surface area contributed by atoms with Crippen LogP contribution in [0.4, 0.5) is 14.6 Å². The van der Waals surface area contributed by atoms with Crippen LogP contribution in [-0.4, -0.2) is 53.5 Å². The third-order valence-corrected chi connectivity index (χ3v) is 5.28. The molecule has 0 saturated carbocycles. The lowest BCUT2D eigenvalue weighted by Gasteiger charge is -2.34. The van der Waals surface area contributed by atoms with E-state index in [-0.39, 0.29) is 29.6 Å². The fourth-order valence-corrected chi connectivity index (χ4v) is 3.34. The fraction of sp³-hybridized carbons (Fsp3) is 0.280. The van der Waals surface area contributed by atoms with Crippen LogP contribution in [-0.2, 0) is 9.53 Å². The van der Waals surface area contributed by atoms with E-state index in [0.29, 0.717) is 31.2 Å². The first-order chi connectivity index (χ1) is 17.2. The number of morpholine rings is 1. The molecule has 2 unspecified atom stereocenters. The highest BCUT2D eigenvalue weighted by Crippen LogP contribution is 2.25. The Kier molecular flexibility index (Phi) is 9.37. The number of nitrogens with zero attached hydrogens (tertiary/aromatic N) is 2. The Labute approximate surface area is 207 Å². The Morgan fingerprint density at radius 1 is 1.25 bits per heavy atom. The van der Waals surface area contributed by atoms with Crippen molar-refractivity contribution in [1.29, 1.82) is 0 Å². The lowest BCUT2D eigenvalue weighted by Crippen LogP contribution is -2.50. The smallest absolute Gasteiger partial charge is 0.313 e. The van der Waals surface area contributed by atoms with Gasteiger partial charge in [0, 0.05) is 31.3 Å². The second kappa shape index (κ2) is 12.7. The largest absolute Gasteiger partial charge is 0.453 e. The van der Waals surface area contributed by atoms with Gasteiger partial charge < -0.3 is 20.5 Å². The SMILES string of the molecule is CC1CN(C(C)C(=O)Nc2ccc(Oc3ccc(F)cc3F)cn2)CCO1.NC(=O)c1cccc[nH+]1. The fourth-order valence-electron chi connectivity index (χ4n) is 3.34. The zero-order chi connectivity index (χ0) is 26.1. The van der Waals surface area contributed by atoms with Crippen molar-refractivity contribution in [3.63, 3.8) is 0 Å². The minimum atomic E-state index is -0.805. The summed E-state index contributed by atoms with van der Waals surface area (Å²) >= 11 is 0. The Bertz CT molecular complexity index is 1160. The van der Waals surface area contributed by atoms with Crippen LogP contribution in [0.2, 0.25) is 0 Å². The van der Waals surface area contributed by atoms with E-state index in [1.807, 2.05) is 13.8 Å². The van der Waals surface area contributed by atoms with Gasteiger partial charge in [-0.1, -0.05) is 0 Å². The third-order valence-electron chi connectivity index (χ3n) is 5.28. The molecule has 0 bridgehead atoms. The van der Waals surface area contributed by atoms with Crippen molar-refractivity contribution in [3.8, 4) is 11.5 Å². The van der Waals surface area contributed by atoms with Crippen molar-refractivity contribution in [2.45, 2.75) is 26.0 Å². The van der Waals surface area contributed by atoms with Crippen LogP contribution < -0.4 is 20.8 Å². The van der Waals surface area contributed by atoms with Gasteiger partial charge in [-0.05, 0) is 44.2 Å². The summed E-state index contributed by atoms with van der Waals surface area (Å²) in [6.45, 7) is 5.80. The summed E-state index contributed by atoms with van der Waals surface area (Å²) in [5, 5.41) is 2.75. The number of nitrogens with one attached hydrogen (secondary N) is 2. The van der Waals surface area contributed by atoms with Gasteiger partial charge in [0.05, 0.1) is 24.9 Å². The number of ether oxygens (including phenoxy) is 2. The summed E-state index contributed by atoms with van der Waals surface area (Å²) in [6.07, 6.45) is 3.11. The molecule has 2 amide bonds. The molecule has 0 aliphatic carbocycles. The lowest BCUT2D eigenvalue weighted by molar-refractivity contribution is -0.381. The standard InChI is InChI=1S/C19H21F2N3O3.C6H6N2O/c1-12-11-24(7-8-26-12)13(2)19(25)23-18-6-4-15(10-22-18)27-17-5-3-14(20)9-16(17)21;7-6(9)5-3-1-2-4-8-5/h3-6,9-10,12-13H,7-8,11H2,1-2H3,(H,22,23,25);1-4H,(H2,7,9)/p+1. The molecule has 9 nitrogen and oxygen atoms in total. The van der Waals surface area contributed by atoms with E-state index in [1.165, 1.54) is 12.3 Å². The first-order valence-corrected chi connectivity index (χ1v) is 11.2. The quantitative estimate of drug-likeness (QED) is 0.537. The molecular formula is C25H28F2N5O4+. The maximum atomic E-state index is 13.6. The number of primary amides is 1. The van der Waals surface area contributed by atoms with Crippen molar-refractivity contribution in [3.05, 3.63) is 78.3 Å². The van der Waals surface area contributed by atoms with Crippen LogP contribution in [0.5, 0.6) is 11.5 Å². The molecule has 11 heteroatoms. The molecule has 4 rings (SSSR count). The molecule has 2 atom stereocenters. The molecule has 1 aromatic carbocycles. The van der Waals surface area contributed by atoms with Gasteiger partial charge in [0.25, 0.3) is 5.69 Å². The van der Waals surface area contributed by atoms with Crippen LogP contribution >= 0.6 is 0 Å². The van der Waals surface area contributed by atoms with Gasteiger partial charge in [0.15, 0.2) is 17.8 Å². The van der Waals surface area contributed by atoms with Gasteiger partial charge in [-0.2, -0.15) is 0 Å². The molecule has 1 aliphatic heterocycles. The van der Waals surface area contributed by atoms with E-state index in [9.17, 15) is 18.4 Å². The van der Waals surface area contributed by atoms with Crippen LogP contribution in [0, 0.1) is 11.6 Å². The van der Waals surface area contributed by atoms with Crippen molar-refractivity contribution >= 4 is 17.6 Å². The number of pyridine rings is 2. The molecule has 2 aromatic heterocycles. The third kappa shape index (κ3) is 7.79. The van der Waals surface area contributed by atoms with Gasteiger partial charge in [0.1, 0.15) is 17.4 Å². The van der Waals surface area contributed by atoms with Gasteiger partial charge in [-0.15, -0.1) is 0 Å². The van der Waals surface area contributed by atoms with Crippen LogP contribution in [0.3, 0.4) is 0 Å². The van der Waals surface area contributed by atoms with Gasteiger partial charge in [-0.25, -0.2) is 18.7 Å². The molecule has 0 radical (unpaired) electrons. The molecule has 0 spiro atoms. The summed E-state index contributed by atoms with van der Waals surface area (Å²) in [7, 11) is 0.